The number of methoxy groups -OCH3 is 1. The lowest BCUT2D eigenvalue weighted by molar-refractivity contribution is -0.116. The number of carbonyl (C=O) groups is 2. The fraction of sp³-hybridized carbons (Fsp3) is 0.286. The van der Waals surface area contributed by atoms with Crippen LogP contribution < -0.4 is 15.4 Å². The number of rotatable bonds is 10. The van der Waals surface area contributed by atoms with Gasteiger partial charge in [-0.3, -0.25) is 9.59 Å². The molecule has 0 aliphatic carbocycles. The van der Waals surface area contributed by atoms with Crippen molar-refractivity contribution >= 4 is 28.5 Å². The highest BCUT2D eigenvalue weighted by atomic mass is 16.5. The second-order valence-electron chi connectivity index (χ2n) is 8.72. The first-order valence-electron chi connectivity index (χ1n) is 12.1. The number of nitrogens with one attached hydrogen (secondary N) is 2. The fourth-order valence-electron chi connectivity index (χ4n) is 4.10. The highest BCUT2D eigenvalue weighted by molar-refractivity contribution is 5.94. The van der Waals surface area contributed by atoms with Gasteiger partial charge in [0.05, 0.1) is 12.8 Å². The molecule has 8 nitrogen and oxygen atoms in total. The van der Waals surface area contributed by atoms with Gasteiger partial charge in [-0.05, 0) is 56.5 Å². The number of fused-ring (bicyclic) bond motifs is 1. The molecule has 0 saturated carbocycles. The van der Waals surface area contributed by atoms with Crippen LogP contribution >= 0.6 is 0 Å². The Hall–Kier alpha value is -4.20. The molecule has 2 aromatic heterocycles. The molecule has 2 heterocycles. The number of aromatic nitrogens is 3. The third kappa shape index (κ3) is 5.89. The van der Waals surface area contributed by atoms with Gasteiger partial charge in [0.25, 0.3) is 5.91 Å². The van der Waals surface area contributed by atoms with Crippen LogP contribution in [0.2, 0.25) is 0 Å². The summed E-state index contributed by atoms with van der Waals surface area (Å²) in [6, 6.07) is 18.8. The Morgan fingerprint density at radius 1 is 0.972 bits per heavy atom. The predicted octanol–water partition coefficient (Wildman–Crippen LogP) is 4.97. The third-order valence-corrected chi connectivity index (χ3v) is 5.93. The van der Waals surface area contributed by atoms with Gasteiger partial charge in [-0.1, -0.05) is 36.8 Å². The number of aryl methyl sites for hydroxylation is 2. The number of nitrogens with zero attached hydrogens (tertiary/aromatic N) is 3. The van der Waals surface area contributed by atoms with Crippen molar-refractivity contribution in [1.82, 2.24) is 20.1 Å². The van der Waals surface area contributed by atoms with Gasteiger partial charge in [0.15, 0.2) is 5.82 Å². The molecule has 0 radical (unpaired) electrons. The van der Waals surface area contributed by atoms with E-state index in [1.54, 1.807) is 23.9 Å². The molecule has 8 heteroatoms. The first kappa shape index (κ1) is 24.9. The summed E-state index contributed by atoms with van der Waals surface area (Å²) >= 11 is 0. The van der Waals surface area contributed by atoms with Crippen molar-refractivity contribution in [3.05, 3.63) is 77.5 Å². The number of hydrogen-bond acceptors (Lipinski definition) is 5. The molecule has 0 unspecified atom stereocenters. The zero-order valence-electron chi connectivity index (χ0n) is 20.9. The maximum atomic E-state index is 12.6. The van der Waals surface area contributed by atoms with Crippen LogP contribution in [0, 0.1) is 13.8 Å². The van der Waals surface area contributed by atoms with Gasteiger partial charge in [0.2, 0.25) is 5.91 Å². The van der Waals surface area contributed by atoms with Crippen molar-refractivity contribution < 1.29 is 14.3 Å². The maximum Gasteiger partial charge on any atom is 0.251 e. The molecular formula is C28H31N5O3. The molecule has 0 fully saturated rings. The topological polar surface area (TPSA) is 98.1 Å². The molecule has 2 amide bonds. The standard InChI is InChI=1S/C28H31N5O3/c1-19-17-24(31-27-22(19)13-10-14-23(27)36-3)33-25(18-20(2)32-33)30-26(34)15-8-5-9-16-29-28(35)21-11-6-4-7-12-21/h4,6-7,10-14,17-18H,5,8-9,15-16H2,1-3H3,(H,29,35)(H,30,34). The molecule has 4 rings (SSSR count). The third-order valence-electron chi connectivity index (χ3n) is 5.93. The molecule has 2 N–H and O–H groups in total. The quantitative estimate of drug-likeness (QED) is 0.309. The number of unbranched alkanes of at least 4 members (excludes halogenated alkanes) is 2. The lowest BCUT2D eigenvalue weighted by Crippen LogP contribution is -2.24. The highest BCUT2D eigenvalue weighted by Crippen LogP contribution is 2.28. The van der Waals surface area contributed by atoms with E-state index < -0.39 is 0 Å². The molecular weight excluding hydrogens is 454 g/mol. The summed E-state index contributed by atoms with van der Waals surface area (Å²) in [5, 5.41) is 11.5. The average Bonchev–Trinajstić information content (AvgIpc) is 3.25. The van der Waals surface area contributed by atoms with Crippen molar-refractivity contribution in [2.24, 2.45) is 0 Å². The molecule has 0 saturated heterocycles. The van der Waals surface area contributed by atoms with E-state index in [9.17, 15) is 9.59 Å². The van der Waals surface area contributed by atoms with Crippen LogP contribution in [0.5, 0.6) is 5.75 Å². The number of pyridine rings is 1. The summed E-state index contributed by atoms with van der Waals surface area (Å²) in [5.74, 6) is 1.72. The molecule has 0 atom stereocenters. The molecule has 4 aromatic rings. The number of amides is 2. The van der Waals surface area contributed by atoms with E-state index in [-0.39, 0.29) is 11.8 Å². The normalized spacial score (nSPS) is 10.9. The Morgan fingerprint density at radius 3 is 2.56 bits per heavy atom. The second-order valence-corrected chi connectivity index (χ2v) is 8.72. The lowest BCUT2D eigenvalue weighted by Gasteiger charge is -2.12. The highest BCUT2D eigenvalue weighted by Gasteiger charge is 2.15. The Morgan fingerprint density at radius 2 is 1.78 bits per heavy atom. The first-order valence-corrected chi connectivity index (χ1v) is 12.1. The van der Waals surface area contributed by atoms with Gasteiger partial charge in [0, 0.05) is 30.0 Å². The Bertz CT molecular complexity index is 1360. The van der Waals surface area contributed by atoms with Crippen LogP contribution in [0.25, 0.3) is 16.7 Å². The van der Waals surface area contributed by atoms with Gasteiger partial charge >= 0.3 is 0 Å². The molecule has 0 spiro atoms. The zero-order chi connectivity index (χ0) is 25.5. The van der Waals surface area contributed by atoms with Crippen molar-refractivity contribution in [3.8, 4) is 11.6 Å². The van der Waals surface area contributed by atoms with E-state index in [0.717, 1.165) is 41.4 Å². The number of hydrogen-bond donors (Lipinski definition) is 2. The summed E-state index contributed by atoms with van der Waals surface area (Å²) in [6.07, 6.45) is 2.76. The molecule has 186 valence electrons. The van der Waals surface area contributed by atoms with Crippen molar-refractivity contribution in [2.45, 2.75) is 39.5 Å². The number of para-hydroxylation sites is 1. The lowest BCUT2D eigenvalue weighted by atomic mass is 10.1. The van der Waals surface area contributed by atoms with Gasteiger partial charge in [0.1, 0.15) is 17.1 Å². The van der Waals surface area contributed by atoms with Crippen LogP contribution in [-0.2, 0) is 4.79 Å². The van der Waals surface area contributed by atoms with Crippen molar-refractivity contribution in [1.29, 1.82) is 0 Å². The summed E-state index contributed by atoms with van der Waals surface area (Å²) in [4.78, 5) is 29.5. The Kier molecular flexibility index (Phi) is 7.95. The van der Waals surface area contributed by atoms with Crippen LogP contribution in [0.4, 0.5) is 5.82 Å². The monoisotopic (exact) mass is 485 g/mol. The van der Waals surface area contributed by atoms with E-state index in [0.29, 0.717) is 35.9 Å². The summed E-state index contributed by atoms with van der Waals surface area (Å²) in [5.41, 5.74) is 3.22. The minimum absolute atomic E-state index is 0.0767. The summed E-state index contributed by atoms with van der Waals surface area (Å²) in [7, 11) is 1.62. The molecule has 0 bridgehead atoms. The molecule has 0 aliphatic heterocycles. The number of benzene rings is 2. The fourth-order valence-corrected chi connectivity index (χ4v) is 4.10. The predicted molar refractivity (Wildman–Crippen MR) is 141 cm³/mol. The molecule has 36 heavy (non-hydrogen) atoms. The minimum Gasteiger partial charge on any atom is -0.494 e. The number of ether oxygens (including phenoxy) is 1. The average molecular weight is 486 g/mol. The number of carbonyl (C=O) groups excluding carboxylic acids is 2. The Balaban J connectivity index is 1.33. The summed E-state index contributed by atoms with van der Waals surface area (Å²) in [6.45, 7) is 4.48. The second kappa shape index (κ2) is 11.5. The minimum atomic E-state index is -0.0837. The smallest absolute Gasteiger partial charge is 0.251 e. The van der Waals surface area contributed by atoms with E-state index in [1.807, 2.05) is 62.4 Å². The van der Waals surface area contributed by atoms with E-state index in [1.165, 1.54) is 0 Å². The van der Waals surface area contributed by atoms with Crippen molar-refractivity contribution in [3.63, 3.8) is 0 Å². The van der Waals surface area contributed by atoms with Crippen LogP contribution in [0.1, 0.15) is 47.3 Å². The maximum absolute atomic E-state index is 12.6. The van der Waals surface area contributed by atoms with E-state index >= 15 is 0 Å². The van der Waals surface area contributed by atoms with Crippen LogP contribution in [0.3, 0.4) is 0 Å². The van der Waals surface area contributed by atoms with Gasteiger partial charge in [-0.2, -0.15) is 9.78 Å². The summed E-state index contributed by atoms with van der Waals surface area (Å²) < 4.78 is 7.15. The molecule has 0 aliphatic rings. The first-order chi connectivity index (χ1) is 17.5. The largest absolute Gasteiger partial charge is 0.494 e. The zero-order valence-corrected chi connectivity index (χ0v) is 20.9. The van der Waals surface area contributed by atoms with Crippen molar-refractivity contribution in [2.75, 3.05) is 19.0 Å². The molecule has 2 aromatic carbocycles. The van der Waals surface area contributed by atoms with E-state index in [4.69, 9.17) is 9.72 Å². The van der Waals surface area contributed by atoms with Crippen LogP contribution in [0.15, 0.2) is 60.7 Å². The number of anilines is 1. The van der Waals surface area contributed by atoms with Gasteiger partial charge < -0.3 is 15.4 Å². The van der Waals surface area contributed by atoms with E-state index in [2.05, 4.69) is 15.7 Å². The van der Waals surface area contributed by atoms with Gasteiger partial charge in [-0.15, -0.1) is 0 Å². The SMILES string of the molecule is COc1cccc2c(C)cc(-n3nc(C)cc3NC(=O)CCCCCNC(=O)c3ccccc3)nc12. The van der Waals surface area contributed by atoms with Gasteiger partial charge in [-0.25, -0.2) is 4.98 Å². The van der Waals surface area contributed by atoms with Crippen LogP contribution in [-0.4, -0.2) is 40.2 Å². The Labute approximate surface area is 210 Å².